The third-order valence-electron chi connectivity index (χ3n) is 5.31. The van der Waals surface area contributed by atoms with Gasteiger partial charge < -0.3 is 10.6 Å². The van der Waals surface area contributed by atoms with E-state index in [1.807, 2.05) is 65.6 Å². The smallest absolute Gasteiger partial charge is 0.255 e. The van der Waals surface area contributed by atoms with Crippen LogP contribution in [0.2, 0.25) is 0 Å². The fourth-order valence-corrected chi connectivity index (χ4v) is 5.53. The zero-order valence-electron chi connectivity index (χ0n) is 16.3. The van der Waals surface area contributed by atoms with Crippen LogP contribution in [0.1, 0.15) is 26.3 Å². The van der Waals surface area contributed by atoms with Gasteiger partial charge in [-0.25, -0.2) is 0 Å². The Hall–Kier alpha value is -2.57. The van der Waals surface area contributed by atoms with Crippen molar-refractivity contribution in [2.24, 2.45) is 5.73 Å². The van der Waals surface area contributed by atoms with Crippen molar-refractivity contribution in [3.05, 3.63) is 94.0 Å². The Balaban J connectivity index is 1.65. The van der Waals surface area contributed by atoms with Crippen LogP contribution >= 0.6 is 27.7 Å². The lowest BCUT2D eigenvalue weighted by Crippen LogP contribution is -2.38. The molecule has 4 rings (SSSR count). The highest BCUT2D eigenvalue weighted by Crippen LogP contribution is 2.32. The maximum absolute atomic E-state index is 13.6. The number of nitrogens with zero attached hydrogens (tertiary/aromatic N) is 1. The molecule has 1 aliphatic rings. The van der Waals surface area contributed by atoms with E-state index in [0.717, 1.165) is 26.9 Å². The molecule has 6 heteroatoms. The highest BCUT2D eigenvalue weighted by Gasteiger charge is 2.32. The Bertz CT molecular complexity index is 1090. The standard InChI is InChI=1S/C24H21BrN2O2S/c25-22-12-6-11-19(23(26)28)21(22)13-17-14-30-15-27(17)24(29)20-10-5-4-9-18(20)16-7-2-1-3-8-16/h1-12,17H,13-15H2,(H2,26,28)/t17-/m1/s1. The molecule has 1 aliphatic heterocycles. The molecular formula is C24H21BrN2O2S. The fourth-order valence-electron chi connectivity index (χ4n) is 3.80. The van der Waals surface area contributed by atoms with Gasteiger partial charge in [-0.3, -0.25) is 9.59 Å². The monoisotopic (exact) mass is 480 g/mol. The van der Waals surface area contributed by atoms with E-state index in [0.29, 0.717) is 23.4 Å². The van der Waals surface area contributed by atoms with Crippen LogP contribution in [0.4, 0.5) is 0 Å². The summed E-state index contributed by atoms with van der Waals surface area (Å²) in [4.78, 5) is 27.4. The first-order valence-corrected chi connectivity index (χ1v) is 11.6. The predicted molar refractivity (Wildman–Crippen MR) is 126 cm³/mol. The van der Waals surface area contributed by atoms with Gasteiger partial charge in [-0.1, -0.05) is 70.5 Å². The molecule has 0 bridgehead atoms. The third kappa shape index (κ3) is 4.16. The Morgan fingerprint density at radius 2 is 1.67 bits per heavy atom. The summed E-state index contributed by atoms with van der Waals surface area (Å²) >= 11 is 5.28. The van der Waals surface area contributed by atoms with Gasteiger partial charge in [-0.2, -0.15) is 0 Å². The highest BCUT2D eigenvalue weighted by atomic mass is 79.9. The predicted octanol–water partition coefficient (Wildman–Crippen LogP) is 4.97. The van der Waals surface area contributed by atoms with Crippen LogP contribution < -0.4 is 5.73 Å². The van der Waals surface area contributed by atoms with E-state index >= 15 is 0 Å². The van der Waals surface area contributed by atoms with Gasteiger partial charge in [-0.05, 0) is 41.3 Å². The summed E-state index contributed by atoms with van der Waals surface area (Å²) in [5.41, 5.74) is 9.58. The van der Waals surface area contributed by atoms with E-state index in [9.17, 15) is 9.59 Å². The molecule has 0 spiro atoms. The normalized spacial score (nSPS) is 15.9. The second kappa shape index (κ2) is 9.06. The van der Waals surface area contributed by atoms with E-state index in [1.165, 1.54) is 0 Å². The summed E-state index contributed by atoms with van der Waals surface area (Å²) in [6.45, 7) is 0. The Morgan fingerprint density at radius 3 is 2.43 bits per heavy atom. The van der Waals surface area contributed by atoms with Crippen LogP contribution in [0.15, 0.2) is 77.3 Å². The van der Waals surface area contributed by atoms with Crippen molar-refractivity contribution in [2.45, 2.75) is 12.5 Å². The molecule has 1 atom stereocenters. The maximum atomic E-state index is 13.6. The average Bonchev–Trinajstić information content (AvgIpc) is 3.23. The molecule has 3 aromatic rings. The first-order valence-electron chi connectivity index (χ1n) is 9.66. The maximum Gasteiger partial charge on any atom is 0.255 e. The molecule has 4 nitrogen and oxygen atoms in total. The van der Waals surface area contributed by atoms with Crippen molar-refractivity contribution in [1.29, 1.82) is 0 Å². The van der Waals surface area contributed by atoms with E-state index in [-0.39, 0.29) is 11.9 Å². The number of thioether (sulfide) groups is 1. The van der Waals surface area contributed by atoms with E-state index in [1.54, 1.807) is 23.9 Å². The number of carbonyl (C=O) groups is 2. The number of primary amides is 1. The van der Waals surface area contributed by atoms with Crippen molar-refractivity contribution in [3.8, 4) is 11.1 Å². The largest absolute Gasteiger partial charge is 0.366 e. The lowest BCUT2D eigenvalue weighted by molar-refractivity contribution is 0.0748. The van der Waals surface area contributed by atoms with Crippen molar-refractivity contribution < 1.29 is 9.59 Å². The molecule has 2 N–H and O–H groups in total. The number of carbonyl (C=O) groups excluding carboxylic acids is 2. The van der Waals surface area contributed by atoms with Crippen LogP contribution in [-0.4, -0.2) is 34.4 Å². The molecule has 152 valence electrons. The van der Waals surface area contributed by atoms with Crippen molar-refractivity contribution >= 4 is 39.5 Å². The summed E-state index contributed by atoms with van der Waals surface area (Å²) in [5, 5.41) is 0. The molecule has 0 aromatic heterocycles. The van der Waals surface area contributed by atoms with Crippen molar-refractivity contribution in [3.63, 3.8) is 0 Å². The molecule has 0 radical (unpaired) electrons. The number of benzene rings is 3. The number of rotatable bonds is 5. The minimum atomic E-state index is -0.454. The molecule has 0 unspecified atom stereocenters. The van der Waals surface area contributed by atoms with Crippen LogP contribution in [0.3, 0.4) is 0 Å². The first-order chi connectivity index (χ1) is 14.6. The van der Waals surface area contributed by atoms with Crippen LogP contribution in [-0.2, 0) is 6.42 Å². The van der Waals surface area contributed by atoms with E-state index in [4.69, 9.17) is 5.73 Å². The van der Waals surface area contributed by atoms with E-state index < -0.39 is 5.91 Å². The molecule has 30 heavy (non-hydrogen) atoms. The second-order valence-electron chi connectivity index (χ2n) is 7.17. The van der Waals surface area contributed by atoms with E-state index in [2.05, 4.69) is 15.9 Å². The molecular weight excluding hydrogens is 460 g/mol. The second-order valence-corrected chi connectivity index (χ2v) is 9.03. The number of hydrogen-bond acceptors (Lipinski definition) is 3. The van der Waals surface area contributed by atoms with Crippen molar-refractivity contribution in [2.75, 3.05) is 11.6 Å². The first kappa shape index (κ1) is 20.7. The molecule has 1 heterocycles. The number of halogens is 1. The summed E-state index contributed by atoms with van der Waals surface area (Å²) in [5.74, 6) is 1.00. The molecule has 2 amide bonds. The number of amides is 2. The number of hydrogen-bond donors (Lipinski definition) is 1. The van der Waals surface area contributed by atoms with Crippen LogP contribution in [0.5, 0.6) is 0 Å². The Labute approximate surface area is 188 Å². The van der Waals surface area contributed by atoms with Crippen LogP contribution in [0.25, 0.3) is 11.1 Å². The summed E-state index contributed by atoms with van der Waals surface area (Å²) in [7, 11) is 0. The van der Waals surface area contributed by atoms with Gasteiger partial charge in [0.25, 0.3) is 5.91 Å². The van der Waals surface area contributed by atoms with Gasteiger partial charge in [0.15, 0.2) is 0 Å². The molecule has 0 aliphatic carbocycles. The molecule has 3 aromatic carbocycles. The fraction of sp³-hybridized carbons (Fsp3) is 0.167. The summed E-state index contributed by atoms with van der Waals surface area (Å²) < 4.78 is 0.841. The lowest BCUT2D eigenvalue weighted by Gasteiger charge is -2.26. The minimum absolute atomic E-state index is 0.0110. The quantitative estimate of drug-likeness (QED) is 0.560. The summed E-state index contributed by atoms with van der Waals surface area (Å²) in [6.07, 6.45) is 0.575. The summed E-state index contributed by atoms with van der Waals surface area (Å²) in [6, 6.07) is 23.1. The van der Waals surface area contributed by atoms with Gasteiger partial charge in [0.05, 0.1) is 5.88 Å². The van der Waals surface area contributed by atoms with Gasteiger partial charge in [0.2, 0.25) is 5.91 Å². The minimum Gasteiger partial charge on any atom is -0.366 e. The molecule has 1 fully saturated rings. The highest BCUT2D eigenvalue weighted by molar-refractivity contribution is 9.10. The average molecular weight is 481 g/mol. The molecule has 0 saturated carbocycles. The lowest BCUT2D eigenvalue weighted by atomic mass is 9.97. The zero-order chi connectivity index (χ0) is 21.1. The third-order valence-corrected chi connectivity index (χ3v) is 7.13. The molecule has 1 saturated heterocycles. The Morgan fingerprint density at radius 1 is 0.967 bits per heavy atom. The SMILES string of the molecule is NC(=O)c1cccc(Br)c1C[C@@H]1CSCN1C(=O)c1ccccc1-c1ccccc1. The van der Waals surface area contributed by atoms with Gasteiger partial charge in [0, 0.05) is 27.4 Å². The van der Waals surface area contributed by atoms with Crippen LogP contribution in [0, 0.1) is 0 Å². The Kier molecular flexibility index (Phi) is 6.25. The van der Waals surface area contributed by atoms with Crippen molar-refractivity contribution in [1.82, 2.24) is 4.90 Å². The number of nitrogens with two attached hydrogens (primary N) is 1. The van der Waals surface area contributed by atoms with Gasteiger partial charge in [0.1, 0.15) is 0 Å². The zero-order valence-corrected chi connectivity index (χ0v) is 18.7. The topological polar surface area (TPSA) is 63.4 Å². The van der Waals surface area contributed by atoms with Gasteiger partial charge >= 0.3 is 0 Å². The van der Waals surface area contributed by atoms with Gasteiger partial charge in [-0.15, -0.1) is 11.8 Å².